The number of carbonyl (C=O) groups excluding carboxylic acids is 1. The third-order valence-corrected chi connectivity index (χ3v) is 2.01. The van der Waals surface area contributed by atoms with Crippen LogP contribution >= 0.6 is 0 Å². The molecule has 1 nitrogen and oxygen atoms in total. The van der Waals surface area contributed by atoms with Crippen LogP contribution in [0, 0.1) is 0 Å². The van der Waals surface area contributed by atoms with Gasteiger partial charge in [0, 0.05) is 6.42 Å². The molecule has 0 aromatic heterocycles. The van der Waals surface area contributed by atoms with E-state index in [1.807, 2.05) is 0 Å². The van der Waals surface area contributed by atoms with Crippen molar-refractivity contribution in [3.05, 3.63) is 24.3 Å². The maximum Gasteiger partial charge on any atom is 0.159 e. The molecule has 0 saturated heterocycles. The highest BCUT2D eigenvalue weighted by molar-refractivity contribution is 5.90. The van der Waals surface area contributed by atoms with Crippen LogP contribution in [0.25, 0.3) is 0 Å². The Morgan fingerprint density at radius 1 is 1.64 bits per heavy atom. The maximum absolute atomic E-state index is 10.9. The molecule has 1 heteroatoms. The lowest BCUT2D eigenvalue weighted by Gasteiger charge is -2.10. The van der Waals surface area contributed by atoms with E-state index in [-0.39, 0.29) is 5.78 Å². The first-order chi connectivity index (χ1) is 5.33. The Kier molecular flexibility index (Phi) is 3.09. The Morgan fingerprint density at radius 3 is 3.00 bits per heavy atom. The van der Waals surface area contributed by atoms with Crippen LogP contribution in [0.4, 0.5) is 0 Å². The summed E-state index contributed by atoms with van der Waals surface area (Å²) in [6.45, 7) is 3.45. The van der Waals surface area contributed by atoms with Crippen LogP contribution in [-0.4, -0.2) is 5.78 Å². The Morgan fingerprint density at radius 2 is 2.45 bits per heavy atom. The van der Waals surface area contributed by atoms with E-state index in [9.17, 15) is 4.79 Å². The molecule has 0 N–H and O–H groups in total. The van der Waals surface area contributed by atoms with Crippen molar-refractivity contribution in [3.63, 3.8) is 0 Å². The Bertz CT molecular complexity index is 189. The molecule has 0 spiro atoms. The maximum atomic E-state index is 10.9. The molecule has 0 saturated carbocycles. The molecule has 0 radical (unpaired) electrons. The fourth-order valence-electron chi connectivity index (χ4n) is 1.36. The van der Waals surface area contributed by atoms with Gasteiger partial charge < -0.3 is 0 Å². The Balaban J connectivity index is 2.41. The molecule has 0 aromatic rings. The van der Waals surface area contributed by atoms with Crippen LogP contribution < -0.4 is 0 Å². The first-order valence-electron chi connectivity index (χ1n) is 4.16. The van der Waals surface area contributed by atoms with Crippen molar-refractivity contribution < 1.29 is 4.79 Å². The number of carbonyl (C=O) groups is 1. The zero-order valence-electron chi connectivity index (χ0n) is 6.81. The second-order valence-corrected chi connectivity index (χ2v) is 2.96. The third-order valence-electron chi connectivity index (χ3n) is 2.01. The lowest BCUT2D eigenvalue weighted by Crippen LogP contribution is -1.98. The van der Waals surface area contributed by atoms with Gasteiger partial charge in [0.1, 0.15) is 0 Å². The molecule has 0 heterocycles. The molecule has 0 aromatic carbocycles. The molecule has 0 fully saturated rings. The molecular formula is C10H14O. The molecular weight excluding hydrogens is 136 g/mol. The second-order valence-electron chi connectivity index (χ2n) is 2.96. The molecule has 11 heavy (non-hydrogen) atoms. The zero-order valence-corrected chi connectivity index (χ0v) is 6.81. The van der Waals surface area contributed by atoms with Gasteiger partial charge in [-0.3, -0.25) is 4.79 Å². The molecule has 1 aliphatic carbocycles. The van der Waals surface area contributed by atoms with Crippen LogP contribution in [-0.2, 0) is 4.79 Å². The average Bonchev–Trinajstić information content (AvgIpc) is 2.06. The first-order valence-corrected chi connectivity index (χ1v) is 4.16. The first kappa shape index (κ1) is 8.25. The van der Waals surface area contributed by atoms with E-state index in [0.29, 0.717) is 6.42 Å². The number of hydrogen-bond donors (Lipinski definition) is 0. The Hall–Kier alpha value is -0.850. The molecule has 0 amide bonds. The van der Waals surface area contributed by atoms with Gasteiger partial charge in [-0.2, -0.15) is 0 Å². The van der Waals surface area contributed by atoms with Gasteiger partial charge in [-0.15, -0.1) is 0 Å². The highest BCUT2D eigenvalue weighted by Crippen LogP contribution is 2.19. The summed E-state index contributed by atoms with van der Waals surface area (Å²) in [5.41, 5.74) is 1.31. The summed E-state index contributed by atoms with van der Waals surface area (Å²) in [5, 5.41) is 0. The molecule has 60 valence electrons. The van der Waals surface area contributed by atoms with E-state index in [1.54, 1.807) is 0 Å². The van der Waals surface area contributed by atoms with Gasteiger partial charge in [-0.25, -0.2) is 0 Å². The van der Waals surface area contributed by atoms with Crippen molar-refractivity contribution in [3.8, 4) is 0 Å². The third kappa shape index (κ3) is 2.71. The number of rotatable bonds is 3. The van der Waals surface area contributed by atoms with Crippen molar-refractivity contribution in [2.24, 2.45) is 0 Å². The predicted octanol–water partition coefficient (Wildman–Crippen LogP) is 2.63. The summed E-state index contributed by atoms with van der Waals surface area (Å²) in [5.74, 6) is 0.151. The Labute approximate surface area is 67.8 Å². The van der Waals surface area contributed by atoms with Gasteiger partial charge in [-0.1, -0.05) is 18.2 Å². The fourth-order valence-corrected chi connectivity index (χ4v) is 1.36. The minimum atomic E-state index is 0.151. The second kappa shape index (κ2) is 4.12. The summed E-state index contributed by atoms with van der Waals surface area (Å²) in [6, 6.07) is 0. The number of allylic oxidation sites excluding steroid dienone is 3. The minimum Gasteiger partial charge on any atom is -0.295 e. The molecule has 0 atom stereocenters. The van der Waals surface area contributed by atoms with Crippen molar-refractivity contribution in [1.82, 2.24) is 0 Å². The van der Waals surface area contributed by atoms with E-state index in [1.165, 1.54) is 24.5 Å². The van der Waals surface area contributed by atoms with Crippen LogP contribution in [0.1, 0.15) is 32.1 Å². The summed E-state index contributed by atoms with van der Waals surface area (Å²) < 4.78 is 0. The van der Waals surface area contributed by atoms with E-state index in [4.69, 9.17) is 0 Å². The van der Waals surface area contributed by atoms with Crippen molar-refractivity contribution in [1.29, 1.82) is 0 Å². The van der Waals surface area contributed by atoms with Gasteiger partial charge in [0.15, 0.2) is 5.78 Å². The van der Waals surface area contributed by atoms with Crippen molar-refractivity contribution >= 4 is 5.78 Å². The minimum absolute atomic E-state index is 0.151. The van der Waals surface area contributed by atoms with E-state index < -0.39 is 0 Å². The normalized spacial score (nSPS) is 17.3. The van der Waals surface area contributed by atoms with Gasteiger partial charge in [0.05, 0.1) is 0 Å². The van der Waals surface area contributed by atoms with Crippen LogP contribution in [0.3, 0.4) is 0 Å². The van der Waals surface area contributed by atoms with Crippen LogP contribution in [0.15, 0.2) is 24.3 Å². The summed E-state index contributed by atoms with van der Waals surface area (Å²) in [4.78, 5) is 10.9. The predicted molar refractivity (Wildman–Crippen MR) is 46.4 cm³/mol. The van der Waals surface area contributed by atoms with E-state index in [0.717, 1.165) is 12.8 Å². The number of ketones is 1. The summed E-state index contributed by atoms with van der Waals surface area (Å²) in [6.07, 6.45) is 9.01. The zero-order chi connectivity index (χ0) is 8.10. The van der Waals surface area contributed by atoms with Gasteiger partial charge in [0.2, 0.25) is 0 Å². The summed E-state index contributed by atoms with van der Waals surface area (Å²) in [7, 11) is 0. The van der Waals surface area contributed by atoms with Crippen molar-refractivity contribution in [2.45, 2.75) is 32.1 Å². The van der Waals surface area contributed by atoms with Gasteiger partial charge in [-0.05, 0) is 31.8 Å². The van der Waals surface area contributed by atoms with E-state index >= 15 is 0 Å². The lowest BCUT2D eigenvalue weighted by molar-refractivity contribution is -0.114. The molecule has 1 aliphatic rings. The smallest absolute Gasteiger partial charge is 0.159 e. The lowest BCUT2D eigenvalue weighted by atomic mass is 9.96. The summed E-state index contributed by atoms with van der Waals surface area (Å²) >= 11 is 0. The van der Waals surface area contributed by atoms with Crippen LogP contribution in [0.5, 0.6) is 0 Å². The molecule has 0 bridgehead atoms. The average molecular weight is 150 g/mol. The quantitative estimate of drug-likeness (QED) is 0.446. The van der Waals surface area contributed by atoms with E-state index in [2.05, 4.69) is 12.7 Å². The topological polar surface area (TPSA) is 17.1 Å². The van der Waals surface area contributed by atoms with Crippen molar-refractivity contribution in [2.75, 3.05) is 0 Å². The van der Waals surface area contributed by atoms with Crippen LogP contribution in [0.2, 0.25) is 0 Å². The largest absolute Gasteiger partial charge is 0.295 e. The fraction of sp³-hybridized carbons (Fsp3) is 0.500. The highest BCUT2D eigenvalue weighted by Gasteiger charge is 2.05. The highest BCUT2D eigenvalue weighted by atomic mass is 16.1. The van der Waals surface area contributed by atoms with Gasteiger partial charge >= 0.3 is 0 Å². The van der Waals surface area contributed by atoms with Gasteiger partial charge in [0.25, 0.3) is 0 Å². The SMILES string of the molecule is C=CC(=O)CC1=CCCCC1. The molecule has 0 unspecified atom stereocenters. The molecule has 1 rings (SSSR count). The monoisotopic (exact) mass is 150 g/mol. The molecule has 0 aliphatic heterocycles. The number of hydrogen-bond acceptors (Lipinski definition) is 1. The standard InChI is InChI=1S/C10H14O/c1-2-10(11)8-9-6-4-3-5-7-9/h2,6H,1,3-5,7-8H2.